The predicted octanol–water partition coefficient (Wildman–Crippen LogP) is 3.84. The summed E-state index contributed by atoms with van der Waals surface area (Å²) in [5, 5.41) is 2.55. The highest BCUT2D eigenvalue weighted by atomic mass is 35.5. The number of rotatable bonds is 3. The van der Waals surface area contributed by atoms with Crippen LogP contribution in [0.25, 0.3) is 10.8 Å². The fourth-order valence-electron chi connectivity index (χ4n) is 2.14. The fraction of sp³-hybridized carbons (Fsp3) is 0.125. The van der Waals surface area contributed by atoms with Crippen molar-refractivity contribution in [3.8, 4) is 11.8 Å². The summed E-state index contributed by atoms with van der Waals surface area (Å²) in [4.78, 5) is 8.51. The summed E-state index contributed by atoms with van der Waals surface area (Å²) in [7, 11) is 0. The van der Waals surface area contributed by atoms with Crippen LogP contribution in [0.3, 0.4) is 0 Å². The number of ether oxygens (including phenoxy) is 1. The first-order valence-electron chi connectivity index (χ1n) is 6.56. The van der Waals surface area contributed by atoms with Gasteiger partial charge in [-0.15, -0.1) is 0 Å². The number of nitrogens with two attached hydrogens (primary N) is 1. The zero-order chi connectivity index (χ0) is 14.8. The normalized spacial score (nSPS) is 10.8. The van der Waals surface area contributed by atoms with Gasteiger partial charge in [0, 0.05) is 39.8 Å². The Morgan fingerprint density at radius 2 is 1.90 bits per heavy atom. The minimum absolute atomic E-state index is 0.303. The Morgan fingerprint density at radius 1 is 1.14 bits per heavy atom. The molecule has 0 bridgehead atoms. The Hall–Kier alpha value is -2.17. The van der Waals surface area contributed by atoms with E-state index in [1.54, 1.807) is 12.3 Å². The number of aryl methyl sites for hydroxylation is 1. The maximum absolute atomic E-state index is 6.20. The molecule has 1 heterocycles. The minimum atomic E-state index is 0.303. The molecule has 3 aromatic rings. The smallest absolute Gasteiger partial charge is 0.322 e. The van der Waals surface area contributed by atoms with E-state index in [-0.39, 0.29) is 0 Å². The molecule has 3 rings (SSSR count). The van der Waals surface area contributed by atoms with Crippen molar-refractivity contribution in [1.29, 1.82) is 0 Å². The van der Waals surface area contributed by atoms with Gasteiger partial charge in [0.05, 0.1) is 0 Å². The van der Waals surface area contributed by atoms with E-state index in [2.05, 4.69) is 9.97 Å². The van der Waals surface area contributed by atoms with E-state index >= 15 is 0 Å². The van der Waals surface area contributed by atoms with Gasteiger partial charge in [0.2, 0.25) is 0 Å². The molecule has 0 unspecified atom stereocenters. The van der Waals surface area contributed by atoms with Crippen LogP contribution in [-0.4, -0.2) is 9.97 Å². The Morgan fingerprint density at radius 3 is 2.62 bits per heavy atom. The summed E-state index contributed by atoms with van der Waals surface area (Å²) < 4.78 is 5.81. The standard InChI is InChI=1S/C16H14ClN3O/c1-10-11(8-18)9-19-16(20-10)21-15-7-6-14(17)12-4-2-3-5-13(12)15/h2-7,9H,8,18H2,1H3. The summed E-state index contributed by atoms with van der Waals surface area (Å²) in [6.07, 6.45) is 1.69. The molecule has 0 amide bonds. The molecule has 0 atom stereocenters. The molecule has 0 fully saturated rings. The molecule has 0 aliphatic rings. The summed E-state index contributed by atoms with van der Waals surface area (Å²) >= 11 is 6.20. The molecule has 0 spiro atoms. The number of benzene rings is 2. The van der Waals surface area contributed by atoms with Crippen molar-refractivity contribution in [3.63, 3.8) is 0 Å². The number of fused-ring (bicyclic) bond motifs is 1. The summed E-state index contributed by atoms with van der Waals surface area (Å²) in [6.45, 7) is 2.30. The van der Waals surface area contributed by atoms with Crippen molar-refractivity contribution in [1.82, 2.24) is 9.97 Å². The van der Waals surface area contributed by atoms with Crippen LogP contribution in [0.4, 0.5) is 0 Å². The van der Waals surface area contributed by atoms with Crippen LogP contribution in [0.5, 0.6) is 11.8 Å². The first-order chi connectivity index (χ1) is 10.2. The lowest BCUT2D eigenvalue weighted by Gasteiger charge is -2.10. The van der Waals surface area contributed by atoms with Crippen LogP contribution in [0.15, 0.2) is 42.6 Å². The van der Waals surface area contributed by atoms with E-state index in [0.29, 0.717) is 23.3 Å². The average Bonchev–Trinajstić information content (AvgIpc) is 2.51. The van der Waals surface area contributed by atoms with Crippen LogP contribution < -0.4 is 10.5 Å². The van der Waals surface area contributed by atoms with E-state index in [0.717, 1.165) is 22.0 Å². The number of hydrogen-bond donors (Lipinski definition) is 1. The van der Waals surface area contributed by atoms with Gasteiger partial charge in [-0.05, 0) is 19.1 Å². The van der Waals surface area contributed by atoms with Crippen molar-refractivity contribution in [2.24, 2.45) is 5.73 Å². The van der Waals surface area contributed by atoms with Gasteiger partial charge in [0.25, 0.3) is 0 Å². The lowest BCUT2D eigenvalue weighted by atomic mass is 10.1. The van der Waals surface area contributed by atoms with E-state index < -0.39 is 0 Å². The summed E-state index contributed by atoms with van der Waals surface area (Å²) in [5.74, 6) is 0.676. The Labute approximate surface area is 127 Å². The van der Waals surface area contributed by atoms with Gasteiger partial charge in [-0.2, -0.15) is 4.98 Å². The molecule has 5 heteroatoms. The average molecular weight is 300 g/mol. The third kappa shape index (κ3) is 2.68. The van der Waals surface area contributed by atoms with Gasteiger partial charge in [-0.1, -0.05) is 35.9 Å². The van der Waals surface area contributed by atoms with Crippen molar-refractivity contribution in [2.75, 3.05) is 0 Å². The second kappa shape index (κ2) is 5.68. The second-order valence-electron chi connectivity index (χ2n) is 4.66. The first-order valence-corrected chi connectivity index (χ1v) is 6.94. The second-order valence-corrected chi connectivity index (χ2v) is 5.07. The van der Waals surface area contributed by atoms with Crippen LogP contribution in [0, 0.1) is 6.92 Å². The molecule has 106 valence electrons. The number of nitrogens with zero attached hydrogens (tertiary/aromatic N) is 2. The van der Waals surface area contributed by atoms with Crippen LogP contribution in [0.1, 0.15) is 11.3 Å². The third-order valence-corrected chi connectivity index (χ3v) is 3.64. The molecule has 0 saturated carbocycles. The third-order valence-electron chi connectivity index (χ3n) is 3.31. The largest absolute Gasteiger partial charge is 0.424 e. The monoisotopic (exact) mass is 299 g/mol. The fourth-order valence-corrected chi connectivity index (χ4v) is 2.37. The molecule has 0 radical (unpaired) electrons. The highest BCUT2D eigenvalue weighted by Crippen LogP contribution is 2.33. The van der Waals surface area contributed by atoms with Crippen molar-refractivity contribution >= 4 is 22.4 Å². The molecular weight excluding hydrogens is 286 g/mol. The van der Waals surface area contributed by atoms with Crippen LogP contribution in [-0.2, 0) is 6.54 Å². The van der Waals surface area contributed by atoms with Crippen molar-refractivity contribution in [3.05, 3.63) is 58.9 Å². The van der Waals surface area contributed by atoms with Gasteiger partial charge < -0.3 is 10.5 Å². The van der Waals surface area contributed by atoms with Gasteiger partial charge in [-0.25, -0.2) is 4.98 Å². The zero-order valence-corrected chi connectivity index (χ0v) is 12.3. The first kappa shape index (κ1) is 13.8. The maximum Gasteiger partial charge on any atom is 0.322 e. The van der Waals surface area contributed by atoms with Gasteiger partial charge in [0.1, 0.15) is 5.75 Å². The maximum atomic E-state index is 6.20. The number of halogens is 1. The van der Waals surface area contributed by atoms with Gasteiger partial charge >= 0.3 is 6.01 Å². The van der Waals surface area contributed by atoms with Crippen LogP contribution >= 0.6 is 11.6 Å². The SMILES string of the molecule is Cc1nc(Oc2ccc(Cl)c3ccccc23)ncc1CN. The zero-order valence-electron chi connectivity index (χ0n) is 11.5. The molecule has 0 aliphatic carbocycles. The molecule has 1 aromatic heterocycles. The molecule has 2 N–H and O–H groups in total. The van der Waals surface area contributed by atoms with E-state index in [1.807, 2.05) is 37.3 Å². The number of hydrogen-bond acceptors (Lipinski definition) is 4. The Kier molecular flexibility index (Phi) is 3.73. The predicted molar refractivity (Wildman–Crippen MR) is 83.7 cm³/mol. The lowest BCUT2D eigenvalue weighted by Crippen LogP contribution is -2.03. The van der Waals surface area contributed by atoms with E-state index in [4.69, 9.17) is 22.1 Å². The Bertz CT molecular complexity index is 805. The lowest BCUT2D eigenvalue weighted by molar-refractivity contribution is 0.444. The van der Waals surface area contributed by atoms with Gasteiger partial charge in [-0.3, -0.25) is 0 Å². The highest BCUT2D eigenvalue weighted by molar-refractivity contribution is 6.35. The van der Waals surface area contributed by atoms with Gasteiger partial charge in [0.15, 0.2) is 0 Å². The molecule has 0 saturated heterocycles. The molecular formula is C16H14ClN3O. The Balaban J connectivity index is 2.02. The molecule has 0 aliphatic heterocycles. The highest BCUT2D eigenvalue weighted by Gasteiger charge is 2.09. The van der Waals surface area contributed by atoms with Crippen LogP contribution in [0.2, 0.25) is 5.02 Å². The molecule has 2 aromatic carbocycles. The van der Waals surface area contributed by atoms with Crippen molar-refractivity contribution < 1.29 is 4.74 Å². The summed E-state index contributed by atoms with van der Waals surface area (Å²) in [6, 6.07) is 11.7. The van der Waals surface area contributed by atoms with E-state index in [9.17, 15) is 0 Å². The molecule has 21 heavy (non-hydrogen) atoms. The summed E-state index contributed by atoms with van der Waals surface area (Å²) in [5.41, 5.74) is 7.33. The van der Waals surface area contributed by atoms with Crippen molar-refractivity contribution in [2.45, 2.75) is 13.5 Å². The molecule has 4 nitrogen and oxygen atoms in total. The number of aromatic nitrogens is 2. The minimum Gasteiger partial charge on any atom is -0.424 e. The topological polar surface area (TPSA) is 61.0 Å². The van der Waals surface area contributed by atoms with E-state index in [1.165, 1.54) is 0 Å². The quantitative estimate of drug-likeness (QED) is 0.798.